The molecule has 3 aromatic rings. The number of hydrogen-bond acceptors (Lipinski definition) is 6. The van der Waals surface area contributed by atoms with Gasteiger partial charge in [0.2, 0.25) is 0 Å². The number of esters is 1. The molecule has 0 amide bonds. The molecule has 1 N–H and O–H groups in total. The highest BCUT2D eigenvalue weighted by molar-refractivity contribution is 7.92. The summed E-state index contributed by atoms with van der Waals surface area (Å²) < 4.78 is 44.1. The lowest BCUT2D eigenvalue weighted by atomic mass is 10.2. The van der Waals surface area contributed by atoms with Crippen LogP contribution < -0.4 is 14.2 Å². The second-order valence-electron chi connectivity index (χ2n) is 6.02. The number of halogens is 1. The van der Waals surface area contributed by atoms with Gasteiger partial charge in [-0.1, -0.05) is 29.8 Å². The Kier molecular flexibility index (Phi) is 6.49. The Bertz CT molecular complexity index is 1180. The molecule has 0 heterocycles. The van der Waals surface area contributed by atoms with Gasteiger partial charge in [0, 0.05) is 5.02 Å². The van der Waals surface area contributed by atoms with Crippen LogP contribution in [0.15, 0.2) is 71.6 Å². The number of ether oxygens (including phenoxy) is 3. The monoisotopic (exact) mass is 447 g/mol. The fraction of sp³-hybridized carbons (Fsp3) is 0.0952. The van der Waals surface area contributed by atoms with E-state index in [1.54, 1.807) is 30.3 Å². The van der Waals surface area contributed by atoms with Gasteiger partial charge in [-0.15, -0.1) is 0 Å². The SMILES string of the molecule is COC(=O)c1cccc(S(=O)(=O)Nc2cc(Cl)ccc2Oc2ccccc2OC)c1. The minimum Gasteiger partial charge on any atom is -0.493 e. The molecule has 0 saturated heterocycles. The molecule has 3 rings (SSSR count). The maximum Gasteiger partial charge on any atom is 0.337 e. The summed E-state index contributed by atoms with van der Waals surface area (Å²) in [5, 5.41) is 0.309. The Morgan fingerprint density at radius 3 is 2.33 bits per heavy atom. The molecule has 0 fully saturated rings. The Morgan fingerprint density at radius 2 is 1.63 bits per heavy atom. The molecule has 0 unspecified atom stereocenters. The van der Waals surface area contributed by atoms with E-state index in [0.717, 1.165) is 0 Å². The van der Waals surface area contributed by atoms with Crippen molar-refractivity contribution in [3.63, 3.8) is 0 Å². The number of para-hydroxylation sites is 2. The number of benzene rings is 3. The third-order valence-electron chi connectivity index (χ3n) is 4.04. The Labute approximate surface area is 179 Å². The van der Waals surface area contributed by atoms with Gasteiger partial charge in [0.1, 0.15) is 0 Å². The van der Waals surface area contributed by atoms with Crippen LogP contribution in [0.25, 0.3) is 0 Å². The normalized spacial score (nSPS) is 10.9. The molecule has 3 aromatic carbocycles. The van der Waals surface area contributed by atoms with Crippen LogP contribution in [0, 0.1) is 0 Å². The summed E-state index contributed by atoms with van der Waals surface area (Å²) in [7, 11) is -1.33. The number of anilines is 1. The highest BCUT2D eigenvalue weighted by Gasteiger charge is 2.20. The lowest BCUT2D eigenvalue weighted by Gasteiger charge is -2.15. The quantitative estimate of drug-likeness (QED) is 0.526. The van der Waals surface area contributed by atoms with Crippen molar-refractivity contribution >= 4 is 33.3 Å². The van der Waals surface area contributed by atoms with E-state index in [-0.39, 0.29) is 21.9 Å². The fourth-order valence-corrected chi connectivity index (χ4v) is 3.88. The third kappa shape index (κ3) is 4.84. The zero-order chi connectivity index (χ0) is 21.7. The second kappa shape index (κ2) is 9.06. The lowest BCUT2D eigenvalue weighted by molar-refractivity contribution is 0.0600. The molecule has 0 atom stereocenters. The molecular weight excluding hydrogens is 430 g/mol. The maximum absolute atomic E-state index is 12.9. The highest BCUT2D eigenvalue weighted by Crippen LogP contribution is 2.37. The minimum absolute atomic E-state index is 0.108. The Hall–Kier alpha value is -3.23. The van der Waals surface area contributed by atoms with Crippen molar-refractivity contribution in [1.29, 1.82) is 0 Å². The van der Waals surface area contributed by atoms with Crippen LogP contribution in [-0.4, -0.2) is 28.6 Å². The predicted molar refractivity (Wildman–Crippen MR) is 113 cm³/mol. The largest absolute Gasteiger partial charge is 0.493 e. The van der Waals surface area contributed by atoms with Crippen molar-refractivity contribution in [3.8, 4) is 17.2 Å². The van der Waals surface area contributed by atoms with Crippen molar-refractivity contribution in [2.75, 3.05) is 18.9 Å². The van der Waals surface area contributed by atoms with Gasteiger partial charge < -0.3 is 14.2 Å². The number of methoxy groups -OCH3 is 2. The number of carbonyl (C=O) groups excluding carboxylic acids is 1. The van der Waals surface area contributed by atoms with E-state index >= 15 is 0 Å². The molecule has 0 bridgehead atoms. The van der Waals surface area contributed by atoms with Gasteiger partial charge >= 0.3 is 5.97 Å². The van der Waals surface area contributed by atoms with Gasteiger partial charge in [-0.2, -0.15) is 0 Å². The first-order valence-electron chi connectivity index (χ1n) is 8.65. The zero-order valence-corrected chi connectivity index (χ0v) is 17.7. The molecule has 156 valence electrons. The number of carbonyl (C=O) groups is 1. The van der Waals surface area contributed by atoms with Crippen LogP contribution in [0.2, 0.25) is 5.02 Å². The number of nitrogens with one attached hydrogen (secondary N) is 1. The molecule has 0 spiro atoms. The van der Waals surface area contributed by atoms with Crippen molar-refractivity contribution in [2.45, 2.75) is 4.90 Å². The van der Waals surface area contributed by atoms with E-state index in [1.165, 1.54) is 50.6 Å². The average Bonchev–Trinajstić information content (AvgIpc) is 2.75. The summed E-state index contributed by atoms with van der Waals surface area (Å²) in [5.74, 6) is 0.453. The van der Waals surface area contributed by atoms with Gasteiger partial charge in [-0.3, -0.25) is 4.72 Å². The second-order valence-corrected chi connectivity index (χ2v) is 8.14. The third-order valence-corrected chi connectivity index (χ3v) is 5.64. The molecule has 0 radical (unpaired) electrons. The maximum atomic E-state index is 12.9. The van der Waals surface area contributed by atoms with E-state index in [9.17, 15) is 13.2 Å². The van der Waals surface area contributed by atoms with Gasteiger partial charge in [0.05, 0.1) is 30.4 Å². The molecule has 0 aromatic heterocycles. The minimum atomic E-state index is -4.05. The smallest absolute Gasteiger partial charge is 0.337 e. The van der Waals surface area contributed by atoms with E-state index in [1.807, 2.05) is 0 Å². The summed E-state index contributed by atoms with van der Waals surface area (Å²) >= 11 is 6.06. The highest BCUT2D eigenvalue weighted by atomic mass is 35.5. The summed E-state index contributed by atoms with van der Waals surface area (Å²) in [4.78, 5) is 11.6. The Balaban J connectivity index is 1.96. The van der Waals surface area contributed by atoms with Crippen molar-refractivity contribution < 1.29 is 27.4 Å². The molecule has 0 saturated carbocycles. The van der Waals surface area contributed by atoms with E-state index in [4.69, 9.17) is 21.1 Å². The summed E-state index contributed by atoms with van der Waals surface area (Å²) in [5.41, 5.74) is 0.230. The lowest BCUT2D eigenvalue weighted by Crippen LogP contribution is -2.14. The zero-order valence-electron chi connectivity index (χ0n) is 16.1. The standard InChI is InChI=1S/C21H18ClNO6S/c1-27-19-8-3-4-9-20(19)29-18-11-10-15(22)13-17(18)23-30(25,26)16-7-5-6-14(12-16)21(24)28-2/h3-13,23H,1-2H3. The molecule has 0 aliphatic heterocycles. The molecule has 0 aliphatic carbocycles. The van der Waals surface area contributed by atoms with E-state index in [0.29, 0.717) is 16.5 Å². The van der Waals surface area contributed by atoms with Crippen LogP contribution in [0.3, 0.4) is 0 Å². The van der Waals surface area contributed by atoms with Gasteiger partial charge in [-0.25, -0.2) is 13.2 Å². The fourth-order valence-electron chi connectivity index (χ4n) is 2.60. The summed E-state index contributed by atoms with van der Waals surface area (Å²) in [6.45, 7) is 0. The van der Waals surface area contributed by atoms with Crippen molar-refractivity contribution in [2.24, 2.45) is 0 Å². The van der Waals surface area contributed by atoms with Gasteiger partial charge in [0.15, 0.2) is 17.2 Å². The van der Waals surface area contributed by atoms with Crippen LogP contribution in [-0.2, 0) is 14.8 Å². The first-order chi connectivity index (χ1) is 14.3. The van der Waals surface area contributed by atoms with Crippen LogP contribution >= 0.6 is 11.6 Å². The molecule has 30 heavy (non-hydrogen) atoms. The van der Waals surface area contributed by atoms with Crippen molar-refractivity contribution in [3.05, 3.63) is 77.3 Å². The van der Waals surface area contributed by atoms with Crippen LogP contribution in [0.5, 0.6) is 17.2 Å². The number of sulfonamides is 1. The number of hydrogen-bond donors (Lipinski definition) is 1. The van der Waals surface area contributed by atoms with Crippen LogP contribution in [0.1, 0.15) is 10.4 Å². The molecule has 7 nitrogen and oxygen atoms in total. The predicted octanol–water partition coefficient (Wildman–Crippen LogP) is 4.73. The average molecular weight is 448 g/mol. The molecule has 9 heteroatoms. The first-order valence-corrected chi connectivity index (χ1v) is 10.5. The molecular formula is C21H18ClNO6S. The van der Waals surface area contributed by atoms with Crippen molar-refractivity contribution in [1.82, 2.24) is 0 Å². The summed E-state index contributed by atoms with van der Waals surface area (Å²) in [6, 6.07) is 17.0. The van der Waals surface area contributed by atoms with Gasteiger partial charge in [-0.05, 0) is 48.5 Å². The Morgan fingerprint density at radius 1 is 0.900 bits per heavy atom. The van der Waals surface area contributed by atoms with E-state index < -0.39 is 16.0 Å². The van der Waals surface area contributed by atoms with Crippen LogP contribution in [0.4, 0.5) is 5.69 Å². The van der Waals surface area contributed by atoms with E-state index in [2.05, 4.69) is 9.46 Å². The van der Waals surface area contributed by atoms with Gasteiger partial charge in [0.25, 0.3) is 10.0 Å². The number of rotatable bonds is 7. The summed E-state index contributed by atoms with van der Waals surface area (Å²) in [6.07, 6.45) is 0. The topological polar surface area (TPSA) is 90.9 Å². The first kappa shape index (κ1) is 21.5. The molecule has 0 aliphatic rings.